The Labute approximate surface area is 125 Å². The van der Waals surface area contributed by atoms with Gasteiger partial charge in [-0.1, -0.05) is 42.5 Å². The van der Waals surface area contributed by atoms with Crippen molar-refractivity contribution >= 4 is 0 Å². The van der Waals surface area contributed by atoms with Gasteiger partial charge in [0.15, 0.2) is 11.5 Å². The minimum Gasteiger partial charge on any atom is -0.490 e. The molecule has 21 heavy (non-hydrogen) atoms. The van der Waals surface area contributed by atoms with Crippen LogP contribution in [0.3, 0.4) is 0 Å². The van der Waals surface area contributed by atoms with Crippen molar-refractivity contribution in [1.29, 1.82) is 0 Å². The SMILES string of the molecule is CCOc1ccccc1OCC(O)(CN)c1ccccc1. The van der Waals surface area contributed by atoms with Crippen LogP contribution in [0.4, 0.5) is 0 Å². The largest absolute Gasteiger partial charge is 0.490 e. The van der Waals surface area contributed by atoms with Gasteiger partial charge in [0.25, 0.3) is 0 Å². The van der Waals surface area contributed by atoms with Crippen molar-refractivity contribution in [2.24, 2.45) is 5.73 Å². The summed E-state index contributed by atoms with van der Waals surface area (Å²) in [6, 6.07) is 16.7. The Kier molecular flexibility index (Phi) is 5.20. The molecule has 0 bridgehead atoms. The Bertz CT molecular complexity index is 559. The molecule has 0 aliphatic carbocycles. The number of ether oxygens (including phenoxy) is 2. The van der Waals surface area contributed by atoms with E-state index in [1.807, 2.05) is 61.5 Å². The van der Waals surface area contributed by atoms with Crippen LogP contribution in [0, 0.1) is 0 Å². The van der Waals surface area contributed by atoms with Crippen LogP contribution in [-0.4, -0.2) is 24.9 Å². The van der Waals surface area contributed by atoms with Crippen LogP contribution in [0.1, 0.15) is 12.5 Å². The predicted molar refractivity (Wildman–Crippen MR) is 82.5 cm³/mol. The quantitative estimate of drug-likeness (QED) is 0.820. The van der Waals surface area contributed by atoms with E-state index in [2.05, 4.69) is 0 Å². The summed E-state index contributed by atoms with van der Waals surface area (Å²) in [4.78, 5) is 0. The maximum Gasteiger partial charge on any atom is 0.161 e. The lowest BCUT2D eigenvalue weighted by molar-refractivity contribution is -0.00225. The van der Waals surface area contributed by atoms with Gasteiger partial charge in [0.1, 0.15) is 12.2 Å². The summed E-state index contributed by atoms with van der Waals surface area (Å²) in [5.74, 6) is 1.26. The van der Waals surface area contributed by atoms with Crippen LogP contribution in [0.5, 0.6) is 11.5 Å². The fraction of sp³-hybridized carbons (Fsp3) is 0.294. The Hall–Kier alpha value is -2.04. The number of rotatable bonds is 7. The van der Waals surface area contributed by atoms with Crippen molar-refractivity contribution in [3.8, 4) is 11.5 Å². The molecule has 0 aromatic heterocycles. The van der Waals surface area contributed by atoms with Crippen molar-refractivity contribution in [2.45, 2.75) is 12.5 Å². The molecule has 0 spiro atoms. The lowest BCUT2D eigenvalue weighted by Gasteiger charge is -2.27. The van der Waals surface area contributed by atoms with Crippen LogP contribution in [-0.2, 0) is 5.60 Å². The van der Waals surface area contributed by atoms with Crippen LogP contribution in [0.2, 0.25) is 0 Å². The van der Waals surface area contributed by atoms with Gasteiger partial charge in [0.05, 0.1) is 6.61 Å². The highest BCUT2D eigenvalue weighted by Gasteiger charge is 2.29. The van der Waals surface area contributed by atoms with Gasteiger partial charge in [-0.25, -0.2) is 0 Å². The first-order chi connectivity index (χ1) is 10.2. The maximum atomic E-state index is 10.7. The first kappa shape index (κ1) is 15.4. The highest BCUT2D eigenvalue weighted by Crippen LogP contribution is 2.29. The molecule has 1 atom stereocenters. The van der Waals surface area contributed by atoms with Gasteiger partial charge in [-0.05, 0) is 24.6 Å². The zero-order chi connectivity index (χ0) is 15.1. The highest BCUT2D eigenvalue weighted by atomic mass is 16.5. The summed E-state index contributed by atoms with van der Waals surface area (Å²) in [6.07, 6.45) is 0. The summed E-state index contributed by atoms with van der Waals surface area (Å²) in [6.45, 7) is 2.61. The van der Waals surface area contributed by atoms with Crippen LogP contribution in [0.15, 0.2) is 54.6 Å². The van der Waals surface area contributed by atoms with Crippen molar-refractivity contribution in [2.75, 3.05) is 19.8 Å². The minimum absolute atomic E-state index is 0.0671. The molecule has 0 fully saturated rings. The van der Waals surface area contributed by atoms with E-state index in [0.29, 0.717) is 18.1 Å². The summed E-state index contributed by atoms with van der Waals surface area (Å²) in [5, 5.41) is 10.7. The number of hydrogen-bond donors (Lipinski definition) is 2. The van der Waals surface area contributed by atoms with E-state index in [4.69, 9.17) is 15.2 Å². The Morgan fingerprint density at radius 3 is 2.10 bits per heavy atom. The molecule has 0 saturated heterocycles. The summed E-state index contributed by atoms with van der Waals surface area (Å²) in [7, 11) is 0. The fourth-order valence-corrected chi connectivity index (χ4v) is 2.05. The molecule has 4 nitrogen and oxygen atoms in total. The van der Waals surface area contributed by atoms with E-state index in [9.17, 15) is 5.11 Å². The van der Waals surface area contributed by atoms with E-state index < -0.39 is 5.60 Å². The maximum absolute atomic E-state index is 10.7. The van der Waals surface area contributed by atoms with E-state index in [-0.39, 0.29) is 13.2 Å². The molecule has 2 aromatic carbocycles. The highest BCUT2D eigenvalue weighted by molar-refractivity contribution is 5.39. The molecule has 2 rings (SSSR count). The van der Waals surface area contributed by atoms with Crippen LogP contribution >= 0.6 is 0 Å². The topological polar surface area (TPSA) is 64.7 Å². The molecule has 4 heteroatoms. The molecule has 112 valence electrons. The monoisotopic (exact) mass is 287 g/mol. The van der Waals surface area contributed by atoms with Gasteiger partial charge in [-0.3, -0.25) is 0 Å². The third kappa shape index (κ3) is 3.74. The van der Waals surface area contributed by atoms with Crippen molar-refractivity contribution in [3.63, 3.8) is 0 Å². The van der Waals surface area contributed by atoms with E-state index in [0.717, 1.165) is 5.56 Å². The van der Waals surface area contributed by atoms with Gasteiger partial charge in [-0.2, -0.15) is 0 Å². The van der Waals surface area contributed by atoms with Gasteiger partial charge in [0, 0.05) is 6.54 Å². The molecule has 0 amide bonds. The summed E-state index contributed by atoms with van der Waals surface area (Å²) < 4.78 is 11.2. The number of hydrogen-bond acceptors (Lipinski definition) is 4. The molecular weight excluding hydrogens is 266 g/mol. The van der Waals surface area contributed by atoms with Crippen molar-refractivity contribution in [3.05, 3.63) is 60.2 Å². The standard InChI is InChI=1S/C17H21NO3/c1-2-20-15-10-6-7-11-16(15)21-13-17(19,12-18)14-8-4-3-5-9-14/h3-11,19H,2,12-13,18H2,1H3. The molecule has 3 N–H and O–H groups in total. The normalized spacial score (nSPS) is 13.5. The van der Waals surface area contributed by atoms with Crippen molar-refractivity contribution < 1.29 is 14.6 Å². The molecule has 2 aromatic rings. The molecule has 0 heterocycles. The number of benzene rings is 2. The minimum atomic E-state index is -1.22. The van der Waals surface area contributed by atoms with Gasteiger partial charge < -0.3 is 20.3 Å². The molecule has 0 aliphatic rings. The van der Waals surface area contributed by atoms with Gasteiger partial charge in [0.2, 0.25) is 0 Å². The second-order valence-corrected chi connectivity index (χ2v) is 4.77. The average Bonchev–Trinajstić information content (AvgIpc) is 2.55. The van der Waals surface area contributed by atoms with E-state index in [1.54, 1.807) is 0 Å². The second kappa shape index (κ2) is 7.11. The van der Waals surface area contributed by atoms with Gasteiger partial charge >= 0.3 is 0 Å². The lowest BCUT2D eigenvalue weighted by Crippen LogP contribution is -2.40. The molecule has 0 radical (unpaired) electrons. The smallest absolute Gasteiger partial charge is 0.161 e. The Balaban J connectivity index is 2.14. The zero-order valence-corrected chi connectivity index (χ0v) is 12.2. The zero-order valence-electron chi connectivity index (χ0n) is 12.2. The number of nitrogens with two attached hydrogens (primary N) is 1. The second-order valence-electron chi connectivity index (χ2n) is 4.77. The Morgan fingerprint density at radius 2 is 1.52 bits per heavy atom. The van der Waals surface area contributed by atoms with Crippen LogP contribution in [0.25, 0.3) is 0 Å². The average molecular weight is 287 g/mol. The van der Waals surface area contributed by atoms with Gasteiger partial charge in [-0.15, -0.1) is 0 Å². The Morgan fingerprint density at radius 1 is 0.952 bits per heavy atom. The molecule has 0 aliphatic heterocycles. The van der Waals surface area contributed by atoms with Crippen LogP contribution < -0.4 is 15.2 Å². The number of aliphatic hydroxyl groups is 1. The summed E-state index contributed by atoms with van der Waals surface area (Å²) >= 11 is 0. The predicted octanol–water partition coefficient (Wildman–Crippen LogP) is 2.31. The summed E-state index contributed by atoms with van der Waals surface area (Å²) in [5.41, 5.74) is 5.25. The lowest BCUT2D eigenvalue weighted by atomic mass is 9.95. The third-order valence-electron chi connectivity index (χ3n) is 3.26. The van der Waals surface area contributed by atoms with E-state index in [1.165, 1.54) is 0 Å². The molecule has 1 unspecified atom stereocenters. The molecular formula is C17H21NO3. The first-order valence-electron chi connectivity index (χ1n) is 7.02. The van der Waals surface area contributed by atoms with E-state index >= 15 is 0 Å². The number of para-hydroxylation sites is 2. The first-order valence-corrected chi connectivity index (χ1v) is 7.02. The third-order valence-corrected chi connectivity index (χ3v) is 3.26. The fourth-order valence-electron chi connectivity index (χ4n) is 2.05. The van der Waals surface area contributed by atoms with Crippen molar-refractivity contribution in [1.82, 2.24) is 0 Å². The molecule has 0 saturated carbocycles.